The lowest BCUT2D eigenvalue weighted by molar-refractivity contribution is 0.258. The fraction of sp³-hybridized carbons (Fsp3) is 0.450. The first kappa shape index (κ1) is 18.0. The molecule has 1 aromatic heterocycles. The van der Waals surface area contributed by atoms with Crippen LogP contribution in [0.1, 0.15) is 24.5 Å². The first-order valence-corrected chi connectivity index (χ1v) is 9.95. The van der Waals surface area contributed by atoms with E-state index in [9.17, 15) is 0 Å². The van der Waals surface area contributed by atoms with Gasteiger partial charge in [0.2, 0.25) is 0 Å². The van der Waals surface area contributed by atoms with Gasteiger partial charge in [-0.2, -0.15) is 11.3 Å². The van der Waals surface area contributed by atoms with Gasteiger partial charge in [0.05, 0.1) is 0 Å². The maximum atomic E-state index is 4.38. The molecule has 1 aliphatic rings. The van der Waals surface area contributed by atoms with Crippen molar-refractivity contribution in [2.45, 2.75) is 38.4 Å². The third-order valence-electron chi connectivity index (χ3n) is 4.78. The topological polar surface area (TPSA) is 39.7 Å². The summed E-state index contributed by atoms with van der Waals surface area (Å²) in [6.07, 6.45) is 2.18. The van der Waals surface area contributed by atoms with Crippen LogP contribution >= 0.6 is 11.3 Å². The van der Waals surface area contributed by atoms with Crippen molar-refractivity contribution in [2.24, 2.45) is 4.99 Å². The van der Waals surface area contributed by atoms with Gasteiger partial charge >= 0.3 is 0 Å². The van der Waals surface area contributed by atoms with Crippen molar-refractivity contribution in [3.05, 3.63) is 58.3 Å². The van der Waals surface area contributed by atoms with Gasteiger partial charge in [0.25, 0.3) is 0 Å². The predicted molar refractivity (Wildman–Crippen MR) is 107 cm³/mol. The number of hydrogen-bond donors (Lipinski definition) is 2. The van der Waals surface area contributed by atoms with E-state index in [-0.39, 0.29) is 0 Å². The Kier molecular flexibility index (Phi) is 6.48. The van der Waals surface area contributed by atoms with Crippen LogP contribution in [0.15, 0.2) is 52.2 Å². The quantitative estimate of drug-likeness (QED) is 0.617. The Hall–Kier alpha value is -1.85. The van der Waals surface area contributed by atoms with Crippen molar-refractivity contribution in [3.63, 3.8) is 0 Å². The molecule has 4 nitrogen and oxygen atoms in total. The minimum Gasteiger partial charge on any atom is -0.356 e. The number of aliphatic imine (C=N–C) groups is 1. The van der Waals surface area contributed by atoms with Crippen molar-refractivity contribution in [2.75, 3.05) is 20.1 Å². The summed E-state index contributed by atoms with van der Waals surface area (Å²) >= 11 is 1.75. The zero-order valence-electron chi connectivity index (χ0n) is 15.1. The number of hydrogen-bond acceptors (Lipinski definition) is 3. The van der Waals surface area contributed by atoms with Crippen LogP contribution in [0.4, 0.5) is 0 Å². The number of rotatable bonds is 6. The highest BCUT2D eigenvalue weighted by molar-refractivity contribution is 7.07. The molecule has 2 aromatic rings. The molecule has 1 aromatic carbocycles. The second-order valence-electron chi connectivity index (χ2n) is 6.72. The molecule has 2 heterocycles. The summed E-state index contributed by atoms with van der Waals surface area (Å²) in [5, 5.41) is 11.4. The molecular formula is C20H28N4S. The van der Waals surface area contributed by atoms with Gasteiger partial charge < -0.3 is 10.6 Å². The second kappa shape index (κ2) is 9.02. The van der Waals surface area contributed by atoms with Crippen LogP contribution in [0.25, 0.3) is 0 Å². The van der Waals surface area contributed by atoms with Crippen molar-refractivity contribution in [1.29, 1.82) is 0 Å². The van der Waals surface area contributed by atoms with Gasteiger partial charge in [0, 0.05) is 38.8 Å². The first-order chi connectivity index (χ1) is 12.2. The van der Waals surface area contributed by atoms with Gasteiger partial charge in [-0.05, 0) is 47.7 Å². The van der Waals surface area contributed by atoms with Crippen LogP contribution in [0.2, 0.25) is 0 Å². The molecule has 0 bridgehead atoms. The highest BCUT2D eigenvalue weighted by atomic mass is 32.1. The third-order valence-corrected chi connectivity index (χ3v) is 5.52. The Morgan fingerprint density at radius 3 is 2.80 bits per heavy atom. The normalized spacial score (nSPS) is 21.4. The number of benzene rings is 1. The Bertz CT molecular complexity index is 654. The fourth-order valence-electron chi connectivity index (χ4n) is 3.39. The monoisotopic (exact) mass is 356 g/mol. The Balaban J connectivity index is 1.45. The molecule has 0 amide bonds. The molecule has 0 aliphatic carbocycles. The van der Waals surface area contributed by atoms with Crippen LogP contribution in [0, 0.1) is 0 Å². The maximum absolute atomic E-state index is 4.38. The van der Waals surface area contributed by atoms with E-state index in [4.69, 9.17) is 0 Å². The number of guanidine groups is 1. The van der Waals surface area contributed by atoms with E-state index in [1.54, 1.807) is 11.3 Å². The smallest absolute Gasteiger partial charge is 0.191 e. The predicted octanol–water partition coefficient (Wildman–Crippen LogP) is 3.12. The molecule has 0 spiro atoms. The van der Waals surface area contributed by atoms with Gasteiger partial charge in [0.1, 0.15) is 0 Å². The zero-order valence-corrected chi connectivity index (χ0v) is 15.9. The molecule has 2 N–H and O–H groups in total. The van der Waals surface area contributed by atoms with E-state index in [0.717, 1.165) is 38.4 Å². The lowest BCUT2D eigenvalue weighted by Gasteiger charge is -2.21. The Morgan fingerprint density at radius 2 is 2.08 bits per heavy atom. The fourth-order valence-corrected chi connectivity index (χ4v) is 4.09. The second-order valence-corrected chi connectivity index (χ2v) is 7.50. The maximum Gasteiger partial charge on any atom is 0.191 e. The summed E-state index contributed by atoms with van der Waals surface area (Å²) in [6, 6.07) is 13.9. The lowest BCUT2D eigenvalue weighted by Crippen LogP contribution is -2.45. The lowest BCUT2D eigenvalue weighted by atomic mass is 10.2. The average Bonchev–Trinajstić information content (AvgIpc) is 3.25. The summed E-state index contributed by atoms with van der Waals surface area (Å²) in [5.41, 5.74) is 2.77. The van der Waals surface area contributed by atoms with Gasteiger partial charge in [-0.15, -0.1) is 0 Å². The van der Waals surface area contributed by atoms with Gasteiger partial charge in [-0.25, -0.2) is 0 Å². The Morgan fingerprint density at radius 1 is 1.24 bits per heavy atom. The molecule has 2 unspecified atom stereocenters. The van der Waals surface area contributed by atoms with Crippen molar-refractivity contribution in [3.8, 4) is 0 Å². The molecule has 1 aliphatic heterocycles. The van der Waals surface area contributed by atoms with Gasteiger partial charge in [-0.1, -0.05) is 30.3 Å². The summed E-state index contributed by atoms with van der Waals surface area (Å²) < 4.78 is 0. The van der Waals surface area contributed by atoms with E-state index >= 15 is 0 Å². The van der Waals surface area contributed by atoms with E-state index < -0.39 is 0 Å². The first-order valence-electron chi connectivity index (χ1n) is 9.01. The van der Waals surface area contributed by atoms with Crippen molar-refractivity contribution >= 4 is 17.3 Å². The summed E-state index contributed by atoms with van der Waals surface area (Å²) in [4.78, 5) is 6.93. The van der Waals surface area contributed by atoms with Gasteiger partial charge in [0.15, 0.2) is 5.96 Å². The highest BCUT2D eigenvalue weighted by Gasteiger charge is 2.29. The van der Waals surface area contributed by atoms with Gasteiger partial charge in [-0.3, -0.25) is 9.89 Å². The highest BCUT2D eigenvalue weighted by Crippen LogP contribution is 2.20. The number of nitrogens with zero attached hydrogens (tertiary/aromatic N) is 2. The standard InChI is InChI=1S/C20H28N4S/c1-16-12-19(14-24(16)13-17-6-4-3-5-7-17)23-20(21-2)22-10-8-18-9-11-25-15-18/h3-7,9,11,15-16,19H,8,10,12-14H2,1-2H3,(H2,21,22,23). The summed E-state index contributed by atoms with van der Waals surface area (Å²) in [5.74, 6) is 0.911. The average molecular weight is 357 g/mol. The van der Waals surface area contributed by atoms with Crippen molar-refractivity contribution < 1.29 is 0 Å². The number of likely N-dealkylation sites (tertiary alicyclic amines) is 1. The molecule has 0 radical (unpaired) electrons. The SMILES string of the molecule is CN=C(NCCc1ccsc1)NC1CC(C)N(Cc2ccccc2)C1. The largest absolute Gasteiger partial charge is 0.356 e. The van der Waals surface area contributed by atoms with E-state index in [1.165, 1.54) is 11.1 Å². The molecule has 25 heavy (non-hydrogen) atoms. The molecule has 0 saturated carbocycles. The zero-order chi connectivity index (χ0) is 17.5. The van der Waals surface area contributed by atoms with Crippen LogP contribution in [-0.4, -0.2) is 43.1 Å². The molecule has 3 rings (SSSR count). The summed E-state index contributed by atoms with van der Waals surface area (Å²) in [7, 11) is 1.85. The van der Waals surface area contributed by atoms with Crippen LogP contribution in [0.5, 0.6) is 0 Å². The van der Waals surface area contributed by atoms with Crippen LogP contribution < -0.4 is 10.6 Å². The van der Waals surface area contributed by atoms with Crippen LogP contribution in [-0.2, 0) is 13.0 Å². The number of nitrogens with one attached hydrogen (secondary N) is 2. The molecule has 1 saturated heterocycles. The third kappa shape index (κ3) is 5.31. The molecule has 5 heteroatoms. The molecule has 1 fully saturated rings. The van der Waals surface area contributed by atoms with E-state index in [1.807, 2.05) is 7.05 Å². The minimum atomic E-state index is 0.450. The Labute approximate surface area is 155 Å². The van der Waals surface area contributed by atoms with E-state index in [2.05, 4.69) is 74.6 Å². The molecular weight excluding hydrogens is 328 g/mol. The molecule has 134 valence electrons. The van der Waals surface area contributed by atoms with Crippen molar-refractivity contribution in [1.82, 2.24) is 15.5 Å². The van der Waals surface area contributed by atoms with Crippen LogP contribution in [0.3, 0.4) is 0 Å². The molecule has 2 atom stereocenters. The number of thiophene rings is 1. The summed E-state index contributed by atoms with van der Waals surface area (Å²) in [6.45, 7) is 5.30. The minimum absolute atomic E-state index is 0.450. The van der Waals surface area contributed by atoms with E-state index in [0.29, 0.717) is 12.1 Å².